The molecule has 19 heavy (non-hydrogen) atoms. The minimum absolute atomic E-state index is 0.282. The fraction of sp³-hybridized carbons (Fsp3) is 0.125. The molecule has 3 heteroatoms. The Kier molecular flexibility index (Phi) is 2.84. The number of benzene rings is 2. The maximum Gasteiger partial charge on any atom is 0.131 e. The van der Waals surface area contributed by atoms with Gasteiger partial charge in [0.1, 0.15) is 17.7 Å². The van der Waals surface area contributed by atoms with Crippen LogP contribution in [0, 0.1) is 12.7 Å². The third-order valence-corrected chi connectivity index (χ3v) is 3.27. The monoisotopic (exact) mass is 256 g/mol. The summed E-state index contributed by atoms with van der Waals surface area (Å²) in [5, 5.41) is 11.6. The van der Waals surface area contributed by atoms with E-state index < -0.39 is 6.10 Å². The molecule has 0 aliphatic heterocycles. The lowest BCUT2D eigenvalue weighted by molar-refractivity contribution is 0.221. The van der Waals surface area contributed by atoms with Gasteiger partial charge in [-0.05, 0) is 30.0 Å². The van der Waals surface area contributed by atoms with Crippen molar-refractivity contribution in [2.75, 3.05) is 0 Å². The average molecular weight is 256 g/mol. The van der Waals surface area contributed by atoms with Crippen LogP contribution in [0.3, 0.4) is 0 Å². The van der Waals surface area contributed by atoms with Crippen molar-refractivity contribution < 1.29 is 13.9 Å². The standard InChI is InChI=1S/C16H13FO2/c1-10-8-11(9-19-10)16(18)14-6-7-15(17)13-5-3-2-4-12(13)14/h2-9,16,18H,1H3. The van der Waals surface area contributed by atoms with E-state index in [1.807, 2.05) is 19.1 Å². The van der Waals surface area contributed by atoms with E-state index in [0.29, 0.717) is 21.9 Å². The van der Waals surface area contributed by atoms with Gasteiger partial charge in [-0.25, -0.2) is 4.39 Å². The van der Waals surface area contributed by atoms with Gasteiger partial charge in [0.15, 0.2) is 0 Å². The Bertz CT molecular complexity index is 730. The molecule has 0 aliphatic rings. The van der Waals surface area contributed by atoms with Crippen molar-refractivity contribution in [2.24, 2.45) is 0 Å². The number of hydrogen-bond donors (Lipinski definition) is 1. The van der Waals surface area contributed by atoms with E-state index in [2.05, 4.69) is 0 Å². The molecular formula is C16H13FO2. The molecule has 0 saturated carbocycles. The summed E-state index contributed by atoms with van der Waals surface area (Å²) in [6.45, 7) is 1.82. The van der Waals surface area contributed by atoms with E-state index in [4.69, 9.17) is 4.42 Å². The van der Waals surface area contributed by atoms with Crippen molar-refractivity contribution in [3.8, 4) is 0 Å². The number of aliphatic hydroxyl groups is 1. The van der Waals surface area contributed by atoms with Crippen LogP contribution in [0.4, 0.5) is 4.39 Å². The van der Waals surface area contributed by atoms with Crippen LogP contribution in [0.5, 0.6) is 0 Å². The van der Waals surface area contributed by atoms with Crippen LogP contribution < -0.4 is 0 Å². The van der Waals surface area contributed by atoms with Gasteiger partial charge in [-0.1, -0.05) is 30.3 Å². The topological polar surface area (TPSA) is 33.4 Å². The Balaban J connectivity index is 2.18. The Hall–Kier alpha value is -2.13. The SMILES string of the molecule is Cc1cc(C(O)c2ccc(F)c3ccccc23)co1. The van der Waals surface area contributed by atoms with Crippen molar-refractivity contribution in [3.05, 3.63) is 71.4 Å². The molecule has 1 heterocycles. The summed E-state index contributed by atoms with van der Waals surface area (Å²) in [6.07, 6.45) is 0.709. The molecule has 1 atom stereocenters. The number of aliphatic hydroxyl groups excluding tert-OH is 1. The summed E-state index contributed by atoms with van der Waals surface area (Å²) >= 11 is 0. The predicted octanol–water partition coefficient (Wildman–Crippen LogP) is 3.96. The van der Waals surface area contributed by atoms with Crippen LogP contribution in [0.2, 0.25) is 0 Å². The first-order valence-electron chi connectivity index (χ1n) is 6.07. The van der Waals surface area contributed by atoms with Crippen LogP contribution >= 0.6 is 0 Å². The summed E-state index contributed by atoms with van der Waals surface area (Å²) in [6, 6.07) is 11.9. The van der Waals surface area contributed by atoms with Crippen LogP contribution in [-0.4, -0.2) is 5.11 Å². The van der Waals surface area contributed by atoms with Gasteiger partial charge in [-0.15, -0.1) is 0 Å². The lowest BCUT2D eigenvalue weighted by atomic mass is 9.97. The van der Waals surface area contributed by atoms with Crippen molar-refractivity contribution in [1.29, 1.82) is 0 Å². The van der Waals surface area contributed by atoms with Gasteiger partial charge in [0.05, 0.1) is 6.26 Å². The summed E-state index contributed by atoms with van der Waals surface area (Å²) in [5.41, 5.74) is 1.35. The highest BCUT2D eigenvalue weighted by Gasteiger charge is 2.16. The fourth-order valence-corrected chi connectivity index (χ4v) is 2.31. The van der Waals surface area contributed by atoms with E-state index in [9.17, 15) is 9.50 Å². The highest BCUT2D eigenvalue weighted by molar-refractivity contribution is 5.86. The molecule has 0 bridgehead atoms. The summed E-state index contributed by atoms with van der Waals surface area (Å²) in [7, 11) is 0. The van der Waals surface area contributed by atoms with E-state index in [1.165, 1.54) is 12.3 Å². The third kappa shape index (κ3) is 2.02. The van der Waals surface area contributed by atoms with Crippen molar-refractivity contribution in [2.45, 2.75) is 13.0 Å². The lowest BCUT2D eigenvalue weighted by Crippen LogP contribution is -1.99. The number of halogens is 1. The van der Waals surface area contributed by atoms with Gasteiger partial charge in [-0.2, -0.15) is 0 Å². The summed E-state index contributed by atoms with van der Waals surface area (Å²) in [4.78, 5) is 0. The maximum absolute atomic E-state index is 13.7. The molecule has 0 aliphatic carbocycles. The highest BCUT2D eigenvalue weighted by atomic mass is 19.1. The molecule has 1 unspecified atom stereocenters. The highest BCUT2D eigenvalue weighted by Crippen LogP contribution is 2.31. The molecule has 2 nitrogen and oxygen atoms in total. The number of hydrogen-bond acceptors (Lipinski definition) is 2. The second-order valence-corrected chi connectivity index (χ2v) is 4.58. The number of rotatable bonds is 2. The molecule has 3 aromatic rings. The van der Waals surface area contributed by atoms with Gasteiger partial charge < -0.3 is 9.52 Å². The first-order chi connectivity index (χ1) is 9.16. The van der Waals surface area contributed by atoms with Gasteiger partial charge in [0, 0.05) is 10.9 Å². The van der Waals surface area contributed by atoms with Crippen LogP contribution in [0.15, 0.2) is 53.1 Å². The Labute approximate surface area is 110 Å². The Morgan fingerprint density at radius 2 is 1.84 bits per heavy atom. The molecule has 0 saturated heterocycles. The fourth-order valence-electron chi connectivity index (χ4n) is 2.31. The van der Waals surface area contributed by atoms with Gasteiger partial charge in [0.25, 0.3) is 0 Å². The lowest BCUT2D eigenvalue weighted by Gasteiger charge is -2.12. The van der Waals surface area contributed by atoms with Crippen molar-refractivity contribution >= 4 is 10.8 Å². The van der Waals surface area contributed by atoms with E-state index in [0.717, 1.165) is 5.76 Å². The Morgan fingerprint density at radius 1 is 1.11 bits per heavy atom. The minimum atomic E-state index is -0.817. The minimum Gasteiger partial charge on any atom is -0.469 e. The normalized spacial score (nSPS) is 12.8. The van der Waals surface area contributed by atoms with E-state index in [-0.39, 0.29) is 5.82 Å². The molecular weight excluding hydrogens is 243 g/mol. The molecule has 96 valence electrons. The third-order valence-electron chi connectivity index (χ3n) is 3.27. The van der Waals surface area contributed by atoms with E-state index in [1.54, 1.807) is 24.3 Å². The van der Waals surface area contributed by atoms with Gasteiger partial charge in [-0.3, -0.25) is 0 Å². The Morgan fingerprint density at radius 3 is 2.53 bits per heavy atom. The zero-order valence-electron chi connectivity index (χ0n) is 10.4. The first-order valence-corrected chi connectivity index (χ1v) is 6.07. The molecule has 1 aromatic heterocycles. The van der Waals surface area contributed by atoms with Crippen molar-refractivity contribution in [1.82, 2.24) is 0 Å². The zero-order valence-corrected chi connectivity index (χ0v) is 10.4. The maximum atomic E-state index is 13.7. The summed E-state index contributed by atoms with van der Waals surface area (Å²) < 4.78 is 18.9. The van der Waals surface area contributed by atoms with Gasteiger partial charge in [0.2, 0.25) is 0 Å². The van der Waals surface area contributed by atoms with E-state index >= 15 is 0 Å². The van der Waals surface area contributed by atoms with Crippen LogP contribution in [0.1, 0.15) is 23.0 Å². The smallest absolute Gasteiger partial charge is 0.131 e. The molecule has 0 radical (unpaired) electrons. The second-order valence-electron chi connectivity index (χ2n) is 4.58. The second kappa shape index (κ2) is 4.52. The van der Waals surface area contributed by atoms with Crippen LogP contribution in [-0.2, 0) is 0 Å². The molecule has 3 rings (SSSR count). The molecule has 0 amide bonds. The number of furan rings is 1. The number of aryl methyl sites for hydroxylation is 1. The average Bonchev–Trinajstić information content (AvgIpc) is 2.86. The summed E-state index contributed by atoms with van der Waals surface area (Å²) in [5.74, 6) is 0.454. The van der Waals surface area contributed by atoms with Gasteiger partial charge >= 0.3 is 0 Å². The predicted molar refractivity (Wildman–Crippen MR) is 71.4 cm³/mol. The largest absolute Gasteiger partial charge is 0.469 e. The number of fused-ring (bicyclic) bond motifs is 1. The molecule has 0 fully saturated rings. The molecule has 1 N–H and O–H groups in total. The van der Waals surface area contributed by atoms with Crippen molar-refractivity contribution in [3.63, 3.8) is 0 Å². The molecule has 0 spiro atoms. The zero-order chi connectivity index (χ0) is 13.4. The molecule has 2 aromatic carbocycles. The first kappa shape index (κ1) is 11.9. The quantitative estimate of drug-likeness (QED) is 0.752. The van der Waals surface area contributed by atoms with Crippen LogP contribution in [0.25, 0.3) is 10.8 Å².